The SMILES string of the molecule is CCn1c(C[C@@H]2CC[C@H](C(F)(F)F)OC2)nc2cc(C(=O)NC(CO)c3ccc(S(=O)(=O)CC)cc3)ccc21. The average molecular weight is 568 g/mol. The molecule has 1 aliphatic rings. The van der Waals surface area contributed by atoms with Gasteiger partial charge in [-0.2, -0.15) is 13.2 Å². The molecule has 2 heterocycles. The quantitative estimate of drug-likeness (QED) is 0.401. The van der Waals surface area contributed by atoms with Gasteiger partial charge in [0.15, 0.2) is 15.9 Å². The van der Waals surface area contributed by atoms with Gasteiger partial charge in [0.2, 0.25) is 0 Å². The van der Waals surface area contributed by atoms with Gasteiger partial charge in [-0.25, -0.2) is 13.4 Å². The highest BCUT2D eigenvalue weighted by Crippen LogP contribution is 2.33. The van der Waals surface area contributed by atoms with E-state index in [0.29, 0.717) is 36.0 Å². The average Bonchev–Trinajstić information content (AvgIpc) is 3.27. The number of halogens is 3. The number of nitrogens with one attached hydrogen (secondary N) is 1. The Morgan fingerprint density at radius 3 is 2.46 bits per heavy atom. The standard InChI is InChI=1S/C27H32F3N3O5S/c1-3-33-23-11-8-19(14-21(23)31-25(33)13-17-5-12-24(38-16-17)27(28,29)30)26(35)32-22(15-34)18-6-9-20(10-7-18)39(36,37)4-2/h6-11,14,17,22,24,34H,3-5,12-13,15-16H2,1-2H3,(H,32,35)/t17-,22?,24+/m0/s1. The van der Waals surface area contributed by atoms with Crippen molar-refractivity contribution in [2.24, 2.45) is 5.92 Å². The summed E-state index contributed by atoms with van der Waals surface area (Å²) in [6, 6.07) is 10.4. The first-order chi connectivity index (χ1) is 18.5. The predicted molar refractivity (Wildman–Crippen MR) is 139 cm³/mol. The van der Waals surface area contributed by atoms with Crippen LogP contribution in [-0.2, 0) is 27.5 Å². The number of sulfone groups is 1. The van der Waals surface area contributed by atoms with Crippen LogP contribution in [0.5, 0.6) is 0 Å². The molecule has 1 aromatic heterocycles. The van der Waals surface area contributed by atoms with Crippen LogP contribution >= 0.6 is 0 Å². The van der Waals surface area contributed by atoms with Crippen LogP contribution in [0.15, 0.2) is 47.4 Å². The van der Waals surface area contributed by atoms with Crippen molar-refractivity contribution in [2.45, 2.75) is 62.9 Å². The number of aromatic nitrogens is 2. The number of fused-ring (bicyclic) bond motifs is 1. The molecule has 3 aromatic rings. The lowest BCUT2D eigenvalue weighted by molar-refractivity contribution is -0.235. The second-order valence-corrected chi connectivity index (χ2v) is 11.9. The Morgan fingerprint density at radius 2 is 1.90 bits per heavy atom. The van der Waals surface area contributed by atoms with Crippen molar-refractivity contribution in [3.8, 4) is 0 Å². The van der Waals surface area contributed by atoms with Gasteiger partial charge in [0.25, 0.3) is 5.91 Å². The van der Waals surface area contributed by atoms with Gasteiger partial charge in [-0.3, -0.25) is 4.79 Å². The van der Waals surface area contributed by atoms with Gasteiger partial charge in [0, 0.05) is 18.5 Å². The Hall–Kier alpha value is -2.96. The Labute approximate surface area is 225 Å². The van der Waals surface area contributed by atoms with E-state index >= 15 is 0 Å². The number of benzene rings is 2. The minimum absolute atomic E-state index is 0.0126. The van der Waals surface area contributed by atoms with Gasteiger partial charge in [-0.1, -0.05) is 19.1 Å². The first-order valence-corrected chi connectivity index (χ1v) is 14.5. The van der Waals surface area contributed by atoms with E-state index in [0.717, 1.165) is 11.3 Å². The molecule has 0 bridgehead atoms. The van der Waals surface area contributed by atoms with Gasteiger partial charge < -0.3 is 19.7 Å². The van der Waals surface area contributed by atoms with Crippen LogP contribution in [0, 0.1) is 5.92 Å². The van der Waals surface area contributed by atoms with Crippen molar-refractivity contribution in [2.75, 3.05) is 19.0 Å². The first-order valence-electron chi connectivity index (χ1n) is 12.9. The minimum Gasteiger partial charge on any atom is -0.394 e. The summed E-state index contributed by atoms with van der Waals surface area (Å²) < 4.78 is 69.9. The minimum atomic E-state index is -4.35. The second-order valence-electron chi connectivity index (χ2n) is 9.67. The van der Waals surface area contributed by atoms with E-state index in [-0.39, 0.29) is 36.2 Å². The fourth-order valence-corrected chi connectivity index (χ4v) is 5.75. The van der Waals surface area contributed by atoms with Crippen LogP contribution in [-0.4, -0.2) is 60.2 Å². The number of hydrogen-bond donors (Lipinski definition) is 2. The number of carbonyl (C=O) groups is 1. The lowest BCUT2D eigenvalue weighted by Crippen LogP contribution is -2.38. The van der Waals surface area contributed by atoms with Crippen molar-refractivity contribution in [1.29, 1.82) is 0 Å². The van der Waals surface area contributed by atoms with Gasteiger partial charge in [0.05, 0.1) is 40.9 Å². The third-order valence-corrected chi connectivity index (χ3v) is 8.87. The molecule has 1 amide bonds. The number of alkyl halides is 3. The Balaban J connectivity index is 1.48. The molecule has 0 saturated carbocycles. The largest absolute Gasteiger partial charge is 0.414 e. The molecule has 1 aliphatic heterocycles. The Kier molecular flexibility index (Phi) is 8.67. The molecule has 0 aliphatic carbocycles. The predicted octanol–water partition coefficient (Wildman–Crippen LogP) is 4.21. The molecule has 4 rings (SSSR count). The maximum Gasteiger partial charge on any atom is 0.414 e. The van der Waals surface area contributed by atoms with Crippen LogP contribution in [0.2, 0.25) is 0 Å². The van der Waals surface area contributed by atoms with Crippen LogP contribution < -0.4 is 5.32 Å². The van der Waals surface area contributed by atoms with Crippen molar-refractivity contribution in [3.05, 3.63) is 59.4 Å². The summed E-state index contributed by atoms with van der Waals surface area (Å²) in [7, 11) is -3.37. The van der Waals surface area contributed by atoms with E-state index in [1.165, 1.54) is 12.1 Å². The molecule has 1 fully saturated rings. The number of aliphatic hydroxyl groups is 1. The number of aryl methyl sites for hydroxylation is 1. The van der Waals surface area contributed by atoms with Gasteiger partial charge in [0.1, 0.15) is 5.82 Å². The first kappa shape index (κ1) is 29.0. The van der Waals surface area contributed by atoms with E-state index in [9.17, 15) is 31.5 Å². The molecule has 39 heavy (non-hydrogen) atoms. The smallest absolute Gasteiger partial charge is 0.394 e. The summed E-state index contributed by atoms with van der Waals surface area (Å²) in [5.74, 6) is 0.168. The highest BCUT2D eigenvalue weighted by atomic mass is 32.2. The number of ether oxygens (including phenoxy) is 1. The van der Waals surface area contributed by atoms with Gasteiger partial charge in [-0.05, 0) is 61.6 Å². The van der Waals surface area contributed by atoms with Crippen LogP contribution in [0.4, 0.5) is 13.2 Å². The van der Waals surface area contributed by atoms with Crippen molar-refractivity contribution >= 4 is 26.8 Å². The monoisotopic (exact) mass is 567 g/mol. The molecule has 12 heteroatoms. The number of nitrogens with zero attached hydrogens (tertiary/aromatic N) is 2. The third kappa shape index (κ3) is 6.44. The number of amides is 1. The van der Waals surface area contributed by atoms with E-state index < -0.39 is 34.1 Å². The molecule has 0 spiro atoms. The highest BCUT2D eigenvalue weighted by molar-refractivity contribution is 7.91. The van der Waals surface area contributed by atoms with Crippen LogP contribution in [0.25, 0.3) is 11.0 Å². The zero-order chi connectivity index (χ0) is 28.4. The highest BCUT2D eigenvalue weighted by Gasteiger charge is 2.43. The second kappa shape index (κ2) is 11.6. The van der Waals surface area contributed by atoms with Crippen molar-refractivity contribution < 1.29 is 36.2 Å². The van der Waals surface area contributed by atoms with E-state index in [1.54, 1.807) is 37.3 Å². The van der Waals surface area contributed by atoms with Crippen molar-refractivity contribution in [1.82, 2.24) is 14.9 Å². The Bertz CT molecular complexity index is 1410. The molecule has 3 atom stereocenters. The molecule has 2 N–H and O–H groups in total. The number of rotatable bonds is 9. The molecular weight excluding hydrogens is 535 g/mol. The molecule has 1 saturated heterocycles. The number of hydrogen-bond acceptors (Lipinski definition) is 6. The number of carbonyl (C=O) groups excluding carboxylic acids is 1. The van der Waals surface area contributed by atoms with Gasteiger partial charge >= 0.3 is 6.18 Å². The normalized spacial score (nSPS) is 19.2. The summed E-state index contributed by atoms with van der Waals surface area (Å²) >= 11 is 0. The summed E-state index contributed by atoms with van der Waals surface area (Å²) in [4.78, 5) is 17.9. The summed E-state index contributed by atoms with van der Waals surface area (Å²) in [6.07, 6.45) is -5.30. The maximum absolute atomic E-state index is 13.0. The van der Waals surface area contributed by atoms with E-state index in [4.69, 9.17) is 4.74 Å². The zero-order valence-electron chi connectivity index (χ0n) is 21.7. The fourth-order valence-electron chi connectivity index (χ4n) is 4.86. The van der Waals surface area contributed by atoms with Crippen LogP contribution in [0.1, 0.15) is 54.5 Å². The molecule has 8 nitrogen and oxygen atoms in total. The summed E-state index contributed by atoms with van der Waals surface area (Å²) in [5.41, 5.74) is 2.27. The number of aliphatic hydroxyl groups excluding tert-OH is 1. The lowest BCUT2D eigenvalue weighted by atomic mass is 9.95. The summed E-state index contributed by atoms with van der Waals surface area (Å²) in [6.45, 7) is 3.73. The van der Waals surface area contributed by atoms with Crippen molar-refractivity contribution in [3.63, 3.8) is 0 Å². The summed E-state index contributed by atoms with van der Waals surface area (Å²) in [5, 5.41) is 12.7. The third-order valence-electron chi connectivity index (χ3n) is 7.12. The molecule has 212 valence electrons. The number of imidazole rings is 1. The molecule has 1 unspecified atom stereocenters. The fraction of sp³-hybridized carbons (Fsp3) is 0.481. The van der Waals surface area contributed by atoms with E-state index in [1.807, 2.05) is 11.5 Å². The lowest BCUT2D eigenvalue weighted by Gasteiger charge is -2.30. The zero-order valence-corrected chi connectivity index (χ0v) is 22.6. The molecule has 2 aromatic carbocycles. The Morgan fingerprint density at radius 1 is 1.18 bits per heavy atom. The van der Waals surface area contributed by atoms with E-state index in [2.05, 4.69) is 10.3 Å². The molecular formula is C27H32F3N3O5S. The topological polar surface area (TPSA) is 111 Å². The maximum atomic E-state index is 13.0. The van der Waals surface area contributed by atoms with Crippen LogP contribution in [0.3, 0.4) is 0 Å². The molecule has 0 radical (unpaired) electrons. The van der Waals surface area contributed by atoms with Gasteiger partial charge in [-0.15, -0.1) is 0 Å².